The third-order valence-electron chi connectivity index (χ3n) is 2.12. The van der Waals surface area contributed by atoms with Crippen molar-refractivity contribution in [3.63, 3.8) is 0 Å². The fourth-order valence-corrected chi connectivity index (χ4v) is 2.83. The summed E-state index contributed by atoms with van der Waals surface area (Å²) in [7, 11) is -3.30. The van der Waals surface area contributed by atoms with Gasteiger partial charge in [0.2, 0.25) is 0 Å². The van der Waals surface area contributed by atoms with Crippen LogP contribution in [0.15, 0.2) is 11.5 Å². The predicted octanol–water partition coefficient (Wildman–Crippen LogP) is 2.96. The van der Waals surface area contributed by atoms with Crippen LogP contribution in [0.3, 0.4) is 0 Å². The van der Waals surface area contributed by atoms with E-state index in [1.165, 1.54) is 5.82 Å². The van der Waals surface area contributed by atoms with E-state index in [1.54, 1.807) is 13.8 Å². The van der Waals surface area contributed by atoms with Gasteiger partial charge in [-0.2, -0.15) is 5.26 Å². The minimum absolute atomic E-state index is 0.282. The molecule has 0 aromatic heterocycles. The van der Waals surface area contributed by atoms with Crippen LogP contribution >= 0.6 is 7.60 Å². The van der Waals surface area contributed by atoms with E-state index in [9.17, 15) is 4.57 Å². The van der Waals surface area contributed by atoms with Crippen LogP contribution in [0.4, 0.5) is 0 Å². The molecule has 0 fully saturated rings. The molecule has 0 saturated carbocycles. The van der Waals surface area contributed by atoms with Gasteiger partial charge in [-0.25, -0.2) is 0 Å². The van der Waals surface area contributed by atoms with Crippen LogP contribution in [0.25, 0.3) is 0 Å². The molecule has 0 aliphatic carbocycles. The van der Waals surface area contributed by atoms with Crippen LogP contribution in [-0.4, -0.2) is 31.2 Å². The molecule has 0 aromatic carbocycles. The third kappa shape index (κ3) is 5.36. The zero-order valence-corrected chi connectivity index (χ0v) is 11.9. The van der Waals surface area contributed by atoms with E-state index in [-0.39, 0.29) is 13.2 Å². The van der Waals surface area contributed by atoms with E-state index in [0.717, 1.165) is 0 Å². The monoisotopic (exact) mass is 260 g/mol. The Morgan fingerprint density at radius 3 is 2.00 bits per heavy atom. The minimum Gasteiger partial charge on any atom is -0.363 e. The Morgan fingerprint density at radius 2 is 1.71 bits per heavy atom. The van der Waals surface area contributed by atoms with Gasteiger partial charge in [0.15, 0.2) is 0 Å². The molecule has 6 heteroatoms. The molecule has 0 rings (SSSR count). The number of rotatable bonds is 8. The van der Waals surface area contributed by atoms with Gasteiger partial charge >= 0.3 is 7.60 Å². The fraction of sp³-hybridized carbons (Fsp3) is 0.727. The van der Waals surface area contributed by atoms with Crippen molar-refractivity contribution in [2.24, 2.45) is 0 Å². The van der Waals surface area contributed by atoms with E-state index in [0.29, 0.717) is 18.8 Å². The Hall–Kier alpha value is -0.820. The quantitative estimate of drug-likeness (QED) is 0.496. The molecular weight excluding hydrogens is 239 g/mol. The molecule has 0 atom stereocenters. The molecule has 5 nitrogen and oxygen atoms in total. The standard InChI is InChI=1S/C11H21N2O3P/c1-5-13(6-2)11(9-12)10-17(14,15-7-3)16-8-4/h10H,5-8H2,1-4H3/b11-10+. The van der Waals surface area contributed by atoms with Crippen LogP contribution in [0, 0.1) is 11.3 Å². The highest BCUT2D eigenvalue weighted by Gasteiger charge is 2.22. The molecule has 0 N–H and O–H groups in total. The van der Waals surface area contributed by atoms with E-state index in [1.807, 2.05) is 24.8 Å². The number of allylic oxidation sites excluding steroid dienone is 1. The third-order valence-corrected chi connectivity index (χ3v) is 3.91. The van der Waals surface area contributed by atoms with Gasteiger partial charge in [-0.05, 0) is 27.7 Å². The summed E-state index contributed by atoms with van der Waals surface area (Å²) < 4.78 is 22.5. The van der Waals surface area contributed by atoms with Crippen LogP contribution in [0.2, 0.25) is 0 Å². The SMILES string of the molecule is CCOP(=O)(/C=C(\C#N)N(CC)CC)OCC. The molecule has 17 heavy (non-hydrogen) atoms. The molecule has 0 aliphatic heterocycles. The highest BCUT2D eigenvalue weighted by Crippen LogP contribution is 2.50. The maximum absolute atomic E-state index is 12.2. The summed E-state index contributed by atoms with van der Waals surface area (Å²) in [5.74, 6) is 1.31. The van der Waals surface area contributed by atoms with Crippen molar-refractivity contribution in [1.29, 1.82) is 5.26 Å². The van der Waals surface area contributed by atoms with Crippen LogP contribution < -0.4 is 0 Å². The Labute approximate surface area is 104 Å². The molecule has 98 valence electrons. The Balaban J connectivity index is 5.13. The molecule has 0 aliphatic rings. The summed E-state index contributed by atoms with van der Waals surface area (Å²) in [5.41, 5.74) is 0.334. The van der Waals surface area contributed by atoms with E-state index >= 15 is 0 Å². The molecule has 0 aromatic rings. The summed E-state index contributed by atoms with van der Waals surface area (Å²) in [4.78, 5) is 1.81. The number of hydrogen-bond donors (Lipinski definition) is 0. The smallest absolute Gasteiger partial charge is 0.356 e. The predicted molar refractivity (Wildman–Crippen MR) is 67.5 cm³/mol. The number of nitriles is 1. The second-order valence-corrected chi connectivity index (χ2v) is 5.03. The van der Waals surface area contributed by atoms with E-state index in [2.05, 4.69) is 0 Å². The minimum atomic E-state index is -3.30. The van der Waals surface area contributed by atoms with Crippen molar-refractivity contribution in [3.8, 4) is 6.07 Å². The second kappa shape index (κ2) is 8.30. The van der Waals surface area contributed by atoms with Crippen molar-refractivity contribution in [2.75, 3.05) is 26.3 Å². The largest absolute Gasteiger partial charge is 0.363 e. The topological polar surface area (TPSA) is 62.6 Å². The Bertz CT molecular complexity index is 322. The average molecular weight is 260 g/mol. The van der Waals surface area contributed by atoms with Crippen molar-refractivity contribution < 1.29 is 13.6 Å². The Kier molecular flexibility index (Phi) is 7.90. The number of hydrogen-bond acceptors (Lipinski definition) is 5. The highest BCUT2D eigenvalue weighted by molar-refractivity contribution is 7.57. The summed E-state index contributed by atoms with van der Waals surface area (Å²) >= 11 is 0. The highest BCUT2D eigenvalue weighted by atomic mass is 31.2. The molecule has 0 amide bonds. The summed E-state index contributed by atoms with van der Waals surface area (Å²) in [6, 6.07) is 2.03. The van der Waals surface area contributed by atoms with Crippen LogP contribution in [0.1, 0.15) is 27.7 Å². The zero-order valence-electron chi connectivity index (χ0n) is 11.0. The first-order valence-corrected chi connectivity index (χ1v) is 7.44. The van der Waals surface area contributed by atoms with Gasteiger partial charge in [-0.3, -0.25) is 4.57 Å². The van der Waals surface area contributed by atoms with Crippen molar-refractivity contribution >= 4 is 7.60 Å². The molecule has 0 heterocycles. The van der Waals surface area contributed by atoms with Gasteiger partial charge in [0, 0.05) is 13.1 Å². The maximum atomic E-state index is 12.2. The lowest BCUT2D eigenvalue weighted by atomic mass is 10.4. The first-order chi connectivity index (χ1) is 8.06. The Morgan fingerprint density at radius 1 is 1.24 bits per heavy atom. The second-order valence-electron chi connectivity index (χ2n) is 3.17. The summed E-state index contributed by atoms with van der Waals surface area (Å²) in [6.07, 6.45) is 0. The molecule has 0 bridgehead atoms. The average Bonchev–Trinajstić information content (AvgIpc) is 2.29. The lowest BCUT2D eigenvalue weighted by molar-refractivity contribution is 0.228. The summed E-state index contributed by atoms with van der Waals surface area (Å²) in [5, 5.41) is 9.07. The molecule has 0 spiro atoms. The van der Waals surface area contributed by atoms with Crippen molar-refractivity contribution in [1.82, 2.24) is 4.90 Å². The van der Waals surface area contributed by atoms with E-state index in [4.69, 9.17) is 14.3 Å². The lowest BCUT2D eigenvalue weighted by Crippen LogP contribution is -2.21. The van der Waals surface area contributed by atoms with Gasteiger partial charge in [0.05, 0.1) is 19.0 Å². The maximum Gasteiger partial charge on any atom is 0.356 e. The van der Waals surface area contributed by atoms with Crippen molar-refractivity contribution in [2.45, 2.75) is 27.7 Å². The molecule has 0 saturated heterocycles. The van der Waals surface area contributed by atoms with Crippen LogP contribution in [-0.2, 0) is 13.6 Å². The first kappa shape index (κ1) is 16.2. The van der Waals surface area contributed by atoms with Crippen molar-refractivity contribution in [3.05, 3.63) is 11.5 Å². The normalized spacial score (nSPS) is 12.3. The fourth-order valence-electron chi connectivity index (χ4n) is 1.37. The van der Waals surface area contributed by atoms with Gasteiger partial charge in [-0.15, -0.1) is 0 Å². The molecule has 0 unspecified atom stereocenters. The first-order valence-electron chi connectivity index (χ1n) is 5.83. The van der Waals surface area contributed by atoms with Gasteiger partial charge < -0.3 is 13.9 Å². The van der Waals surface area contributed by atoms with Crippen LogP contribution in [0.5, 0.6) is 0 Å². The van der Waals surface area contributed by atoms with Gasteiger partial charge in [0.25, 0.3) is 0 Å². The van der Waals surface area contributed by atoms with Gasteiger partial charge in [0.1, 0.15) is 11.8 Å². The molecular formula is C11H21N2O3P. The zero-order chi connectivity index (χ0) is 13.3. The molecule has 0 radical (unpaired) electrons. The van der Waals surface area contributed by atoms with E-state index < -0.39 is 7.60 Å². The number of nitrogens with zero attached hydrogens (tertiary/aromatic N) is 2. The lowest BCUT2D eigenvalue weighted by Gasteiger charge is -2.21. The van der Waals surface area contributed by atoms with Gasteiger partial charge in [-0.1, -0.05) is 0 Å². The summed E-state index contributed by atoms with van der Waals surface area (Å²) in [6.45, 7) is 9.26.